The Morgan fingerprint density at radius 2 is 1.74 bits per heavy atom. The Morgan fingerprint density at radius 1 is 1.04 bits per heavy atom. The quantitative estimate of drug-likeness (QED) is 0.851. The molecule has 4 heteroatoms. The maximum atomic E-state index is 12.5. The molecular weight excluding hydrogens is 290 g/mol. The number of ether oxygens (including phenoxy) is 2. The molecule has 2 aromatic carbocycles. The average molecular weight is 313 g/mol. The van der Waals surface area contributed by atoms with Crippen LogP contribution in [0.5, 0.6) is 11.5 Å². The summed E-state index contributed by atoms with van der Waals surface area (Å²) in [5.74, 6) is 1.25. The van der Waals surface area contributed by atoms with Crippen LogP contribution in [0.3, 0.4) is 0 Å². The van der Waals surface area contributed by atoms with Crippen molar-refractivity contribution in [2.45, 2.75) is 25.8 Å². The Labute approximate surface area is 137 Å². The number of rotatable bonds is 7. The van der Waals surface area contributed by atoms with Crippen LogP contribution in [0.25, 0.3) is 0 Å². The van der Waals surface area contributed by atoms with Crippen LogP contribution in [-0.4, -0.2) is 20.1 Å². The van der Waals surface area contributed by atoms with E-state index in [9.17, 15) is 4.79 Å². The minimum absolute atomic E-state index is 0.0356. The summed E-state index contributed by atoms with van der Waals surface area (Å²) < 4.78 is 10.5. The largest absolute Gasteiger partial charge is 0.493 e. The number of nitrogens with one attached hydrogen (secondary N) is 1. The third kappa shape index (κ3) is 4.25. The van der Waals surface area contributed by atoms with Crippen molar-refractivity contribution in [1.82, 2.24) is 5.32 Å². The lowest BCUT2D eigenvalue weighted by Crippen LogP contribution is -2.28. The van der Waals surface area contributed by atoms with Crippen LogP contribution in [0.1, 0.15) is 30.4 Å². The van der Waals surface area contributed by atoms with Gasteiger partial charge in [-0.1, -0.05) is 43.3 Å². The number of hydrogen-bond donors (Lipinski definition) is 1. The van der Waals surface area contributed by atoms with E-state index in [0.717, 1.165) is 17.5 Å². The predicted molar refractivity (Wildman–Crippen MR) is 90.9 cm³/mol. The zero-order valence-corrected chi connectivity index (χ0v) is 13.8. The summed E-state index contributed by atoms with van der Waals surface area (Å²) in [6.45, 7) is 2.48. The van der Waals surface area contributed by atoms with Gasteiger partial charge in [-0.3, -0.25) is 4.79 Å². The molecule has 0 radical (unpaired) electrons. The van der Waals surface area contributed by atoms with Gasteiger partial charge in [0.05, 0.1) is 20.1 Å². The Morgan fingerprint density at radius 3 is 2.35 bits per heavy atom. The molecule has 0 bridgehead atoms. The SMILES string of the molecule is CC[C@@H](C(=O)NCc1ccc(OC)c(OC)c1)c1ccccc1. The third-order valence-corrected chi connectivity index (χ3v) is 3.84. The van der Waals surface area contributed by atoms with Gasteiger partial charge in [-0.05, 0) is 29.7 Å². The van der Waals surface area contributed by atoms with E-state index in [-0.39, 0.29) is 11.8 Å². The molecule has 0 fully saturated rings. The van der Waals surface area contributed by atoms with Crippen LogP contribution < -0.4 is 14.8 Å². The molecule has 23 heavy (non-hydrogen) atoms. The number of methoxy groups -OCH3 is 2. The third-order valence-electron chi connectivity index (χ3n) is 3.84. The van der Waals surface area contributed by atoms with Crippen LogP contribution in [0.2, 0.25) is 0 Å². The molecule has 1 atom stereocenters. The number of benzene rings is 2. The van der Waals surface area contributed by atoms with E-state index in [0.29, 0.717) is 18.0 Å². The first-order valence-electron chi connectivity index (χ1n) is 7.73. The summed E-state index contributed by atoms with van der Waals surface area (Å²) in [5.41, 5.74) is 2.01. The van der Waals surface area contributed by atoms with E-state index in [2.05, 4.69) is 5.32 Å². The van der Waals surface area contributed by atoms with E-state index in [1.165, 1.54) is 0 Å². The molecular formula is C19H23NO3. The molecule has 0 heterocycles. The second kappa shape index (κ2) is 8.22. The number of amides is 1. The summed E-state index contributed by atoms with van der Waals surface area (Å²) in [4.78, 5) is 12.5. The molecule has 0 saturated heterocycles. The molecule has 1 N–H and O–H groups in total. The molecule has 122 valence electrons. The van der Waals surface area contributed by atoms with Crippen LogP contribution >= 0.6 is 0 Å². The second-order valence-corrected chi connectivity index (χ2v) is 5.28. The lowest BCUT2D eigenvalue weighted by atomic mass is 9.95. The van der Waals surface area contributed by atoms with Crippen molar-refractivity contribution in [2.75, 3.05) is 14.2 Å². The van der Waals surface area contributed by atoms with Gasteiger partial charge < -0.3 is 14.8 Å². The number of hydrogen-bond acceptors (Lipinski definition) is 3. The fourth-order valence-corrected chi connectivity index (χ4v) is 2.56. The Kier molecular flexibility index (Phi) is 6.03. The van der Waals surface area contributed by atoms with Gasteiger partial charge in [0.1, 0.15) is 0 Å². The van der Waals surface area contributed by atoms with E-state index in [4.69, 9.17) is 9.47 Å². The minimum Gasteiger partial charge on any atom is -0.493 e. The molecule has 0 spiro atoms. The monoisotopic (exact) mass is 313 g/mol. The summed E-state index contributed by atoms with van der Waals surface area (Å²) in [6.07, 6.45) is 0.766. The molecule has 0 aliphatic heterocycles. The predicted octanol–water partition coefficient (Wildman–Crippen LogP) is 3.51. The maximum Gasteiger partial charge on any atom is 0.227 e. The number of carbonyl (C=O) groups excluding carboxylic acids is 1. The van der Waals surface area contributed by atoms with Crippen LogP contribution in [0, 0.1) is 0 Å². The first-order valence-corrected chi connectivity index (χ1v) is 7.73. The lowest BCUT2D eigenvalue weighted by Gasteiger charge is -2.16. The van der Waals surface area contributed by atoms with E-state index in [1.807, 2.05) is 55.5 Å². The molecule has 2 aromatic rings. The lowest BCUT2D eigenvalue weighted by molar-refractivity contribution is -0.122. The molecule has 0 unspecified atom stereocenters. The standard InChI is InChI=1S/C19H23NO3/c1-4-16(15-8-6-5-7-9-15)19(21)20-13-14-10-11-17(22-2)18(12-14)23-3/h5-12,16H,4,13H2,1-3H3,(H,20,21)/t16-/m1/s1. The van der Waals surface area contributed by atoms with Gasteiger partial charge in [0.25, 0.3) is 0 Å². The topological polar surface area (TPSA) is 47.6 Å². The van der Waals surface area contributed by atoms with Crippen molar-refractivity contribution < 1.29 is 14.3 Å². The highest BCUT2D eigenvalue weighted by atomic mass is 16.5. The van der Waals surface area contributed by atoms with E-state index < -0.39 is 0 Å². The average Bonchev–Trinajstić information content (AvgIpc) is 2.61. The highest BCUT2D eigenvalue weighted by molar-refractivity contribution is 5.83. The van der Waals surface area contributed by atoms with Gasteiger partial charge in [0.2, 0.25) is 5.91 Å². The van der Waals surface area contributed by atoms with E-state index >= 15 is 0 Å². The highest BCUT2D eigenvalue weighted by Gasteiger charge is 2.18. The first-order chi connectivity index (χ1) is 11.2. The smallest absolute Gasteiger partial charge is 0.227 e. The summed E-state index contributed by atoms with van der Waals surface area (Å²) >= 11 is 0. The molecule has 2 rings (SSSR count). The molecule has 4 nitrogen and oxygen atoms in total. The van der Waals surface area contributed by atoms with Gasteiger partial charge in [-0.2, -0.15) is 0 Å². The van der Waals surface area contributed by atoms with Crippen molar-refractivity contribution in [1.29, 1.82) is 0 Å². The molecule has 0 aliphatic rings. The van der Waals surface area contributed by atoms with Crippen molar-refractivity contribution in [3.63, 3.8) is 0 Å². The maximum absolute atomic E-state index is 12.5. The fourth-order valence-electron chi connectivity index (χ4n) is 2.56. The van der Waals surface area contributed by atoms with Crippen molar-refractivity contribution in [3.05, 3.63) is 59.7 Å². The fraction of sp³-hybridized carbons (Fsp3) is 0.316. The van der Waals surface area contributed by atoms with Crippen molar-refractivity contribution in [3.8, 4) is 11.5 Å². The molecule has 1 amide bonds. The van der Waals surface area contributed by atoms with E-state index in [1.54, 1.807) is 14.2 Å². The Balaban J connectivity index is 2.03. The second-order valence-electron chi connectivity index (χ2n) is 5.28. The van der Waals surface area contributed by atoms with Crippen molar-refractivity contribution in [2.24, 2.45) is 0 Å². The molecule has 0 aliphatic carbocycles. The van der Waals surface area contributed by atoms with Gasteiger partial charge in [-0.25, -0.2) is 0 Å². The Bertz CT molecular complexity index is 640. The zero-order valence-electron chi connectivity index (χ0n) is 13.8. The number of carbonyl (C=O) groups is 1. The van der Waals surface area contributed by atoms with Gasteiger partial charge in [0, 0.05) is 6.54 Å². The minimum atomic E-state index is -0.128. The molecule has 0 saturated carbocycles. The zero-order chi connectivity index (χ0) is 16.7. The summed E-state index contributed by atoms with van der Waals surface area (Å²) in [6, 6.07) is 15.5. The normalized spacial score (nSPS) is 11.6. The highest BCUT2D eigenvalue weighted by Crippen LogP contribution is 2.27. The van der Waals surface area contributed by atoms with Crippen LogP contribution in [0.15, 0.2) is 48.5 Å². The van der Waals surface area contributed by atoms with Gasteiger partial charge in [0.15, 0.2) is 11.5 Å². The first kappa shape index (κ1) is 16.9. The Hall–Kier alpha value is -2.49. The van der Waals surface area contributed by atoms with Crippen LogP contribution in [-0.2, 0) is 11.3 Å². The molecule has 0 aromatic heterocycles. The summed E-state index contributed by atoms with van der Waals surface area (Å²) in [7, 11) is 3.20. The van der Waals surface area contributed by atoms with Crippen molar-refractivity contribution >= 4 is 5.91 Å². The van der Waals surface area contributed by atoms with Crippen LogP contribution in [0.4, 0.5) is 0 Å². The summed E-state index contributed by atoms with van der Waals surface area (Å²) in [5, 5.41) is 3.00. The van der Waals surface area contributed by atoms with Gasteiger partial charge >= 0.3 is 0 Å². The van der Waals surface area contributed by atoms with Gasteiger partial charge in [-0.15, -0.1) is 0 Å².